The van der Waals surface area contributed by atoms with Crippen LogP contribution in [0.2, 0.25) is 0 Å². The maximum absolute atomic E-state index is 14.1. The van der Waals surface area contributed by atoms with Crippen molar-refractivity contribution in [3.63, 3.8) is 0 Å². The van der Waals surface area contributed by atoms with Gasteiger partial charge in [-0.2, -0.15) is 10.2 Å². The van der Waals surface area contributed by atoms with Crippen molar-refractivity contribution in [1.29, 1.82) is 0 Å². The molecule has 0 radical (unpaired) electrons. The third-order valence-electron chi connectivity index (χ3n) is 4.34. The topological polar surface area (TPSA) is 111 Å². The molecular formula is C18H13FN8. The molecule has 27 heavy (non-hydrogen) atoms. The molecule has 0 unspecified atom stereocenters. The third kappa shape index (κ3) is 2.48. The van der Waals surface area contributed by atoms with Crippen molar-refractivity contribution in [3.05, 3.63) is 60.2 Å². The van der Waals surface area contributed by atoms with Gasteiger partial charge in [0.2, 0.25) is 0 Å². The molecule has 4 aromatic heterocycles. The minimum Gasteiger partial charge on any atom is -0.383 e. The fourth-order valence-electron chi connectivity index (χ4n) is 3.04. The number of nitrogens with two attached hydrogens (primary N) is 1. The lowest BCUT2D eigenvalue weighted by Gasteiger charge is -2.04. The molecule has 0 fully saturated rings. The van der Waals surface area contributed by atoms with Crippen LogP contribution < -0.4 is 5.73 Å². The van der Waals surface area contributed by atoms with E-state index in [0.29, 0.717) is 39.6 Å². The van der Waals surface area contributed by atoms with Crippen LogP contribution in [0.5, 0.6) is 0 Å². The minimum absolute atomic E-state index is 0.238. The van der Waals surface area contributed by atoms with E-state index in [9.17, 15) is 4.39 Å². The second-order valence-corrected chi connectivity index (χ2v) is 6.04. The van der Waals surface area contributed by atoms with Gasteiger partial charge in [-0.05, 0) is 18.2 Å². The number of nitrogens with zero attached hydrogens (tertiary/aromatic N) is 6. The van der Waals surface area contributed by atoms with Crippen molar-refractivity contribution in [2.24, 2.45) is 0 Å². The van der Waals surface area contributed by atoms with Crippen molar-refractivity contribution in [1.82, 2.24) is 34.9 Å². The number of pyridine rings is 1. The van der Waals surface area contributed by atoms with E-state index in [1.807, 2.05) is 6.07 Å². The Hall–Kier alpha value is -3.88. The summed E-state index contributed by atoms with van der Waals surface area (Å²) < 4.78 is 15.7. The summed E-state index contributed by atoms with van der Waals surface area (Å²) in [5.74, 6) is 0.372. The number of aromatic amines is 1. The molecule has 5 rings (SSSR count). The van der Waals surface area contributed by atoms with Gasteiger partial charge in [-0.25, -0.2) is 24.0 Å². The van der Waals surface area contributed by atoms with Crippen molar-refractivity contribution in [3.8, 4) is 11.5 Å². The van der Waals surface area contributed by atoms with E-state index in [1.54, 1.807) is 41.3 Å². The van der Waals surface area contributed by atoms with E-state index in [1.165, 1.54) is 6.07 Å². The lowest BCUT2D eigenvalue weighted by atomic mass is 10.2. The van der Waals surface area contributed by atoms with Crippen molar-refractivity contribution < 1.29 is 4.39 Å². The molecule has 0 saturated carbocycles. The molecule has 132 valence electrons. The van der Waals surface area contributed by atoms with Crippen LogP contribution in [0.25, 0.3) is 33.6 Å². The van der Waals surface area contributed by atoms with Gasteiger partial charge in [-0.15, -0.1) is 0 Å². The van der Waals surface area contributed by atoms with E-state index < -0.39 is 0 Å². The van der Waals surface area contributed by atoms with Crippen molar-refractivity contribution >= 4 is 27.9 Å². The maximum Gasteiger partial charge on any atom is 0.184 e. The van der Waals surface area contributed by atoms with Crippen LogP contribution in [0.15, 0.2) is 48.8 Å². The molecule has 0 aliphatic heterocycles. The zero-order valence-corrected chi connectivity index (χ0v) is 14.0. The molecule has 8 nitrogen and oxygen atoms in total. The van der Waals surface area contributed by atoms with Crippen LogP contribution in [0.4, 0.5) is 10.2 Å². The molecule has 0 atom stereocenters. The molecule has 0 bridgehead atoms. The summed E-state index contributed by atoms with van der Waals surface area (Å²) in [6.45, 7) is 0.238. The number of H-pyrrole nitrogens is 1. The lowest BCUT2D eigenvalue weighted by molar-refractivity contribution is 0.589. The smallest absolute Gasteiger partial charge is 0.184 e. The zero-order chi connectivity index (χ0) is 18.4. The van der Waals surface area contributed by atoms with E-state index in [0.717, 1.165) is 5.39 Å². The van der Waals surface area contributed by atoms with E-state index in [2.05, 4.69) is 30.2 Å². The number of anilines is 1. The number of aromatic nitrogens is 7. The summed E-state index contributed by atoms with van der Waals surface area (Å²) in [6, 6.07) is 10.3. The highest BCUT2D eigenvalue weighted by atomic mass is 19.1. The van der Waals surface area contributed by atoms with E-state index >= 15 is 0 Å². The summed E-state index contributed by atoms with van der Waals surface area (Å²) in [6.07, 6.45) is 3.24. The first kappa shape index (κ1) is 15.4. The number of hydrogen-bond donors (Lipinski definition) is 2. The van der Waals surface area contributed by atoms with Crippen molar-refractivity contribution in [2.45, 2.75) is 6.54 Å². The normalized spacial score (nSPS) is 11.4. The zero-order valence-electron chi connectivity index (χ0n) is 14.0. The number of halogens is 1. The number of hydrogen-bond acceptors (Lipinski definition) is 6. The summed E-state index contributed by atoms with van der Waals surface area (Å²) in [4.78, 5) is 13.2. The Morgan fingerprint density at radius 3 is 2.85 bits per heavy atom. The number of fused-ring (bicyclic) bond motifs is 2. The highest BCUT2D eigenvalue weighted by Crippen LogP contribution is 2.27. The Morgan fingerprint density at radius 1 is 1.07 bits per heavy atom. The Labute approximate surface area is 151 Å². The molecule has 4 heterocycles. The monoisotopic (exact) mass is 360 g/mol. The van der Waals surface area contributed by atoms with Crippen LogP contribution in [0, 0.1) is 5.82 Å². The van der Waals surface area contributed by atoms with Crippen LogP contribution in [-0.4, -0.2) is 34.9 Å². The fraction of sp³-hybridized carbons (Fsp3) is 0.0556. The summed E-state index contributed by atoms with van der Waals surface area (Å²) >= 11 is 0. The highest BCUT2D eigenvalue weighted by Gasteiger charge is 2.18. The minimum atomic E-state index is -0.294. The number of rotatable bonds is 3. The van der Waals surface area contributed by atoms with Gasteiger partial charge in [0.05, 0.1) is 23.5 Å². The average Bonchev–Trinajstić information content (AvgIpc) is 3.29. The van der Waals surface area contributed by atoms with Gasteiger partial charge in [0.1, 0.15) is 17.3 Å². The third-order valence-corrected chi connectivity index (χ3v) is 4.34. The molecule has 5 aromatic rings. The Morgan fingerprint density at radius 2 is 1.96 bits per heavy atom. The first-order chi connectivity index (χ1) is 13.2. The van der Waals surface area contributed by atoms with Gasteiger partial charge >= 0.3 is 0 Å². The molecule has 0 aliphatic rings. The standard InChI is InChI=1S/C18H13FN8/c19-13-6-2-1-4-10(13)9-27-18-11(5-3-7-21-18)14(26-27)17-23-15(20)12-8-22-25-16(12)24-17/h1-8H,9H2,(H3,20,22,23,24,25). The summed E-state index contributed by atoms with van der Waals surface area (Å²) in [5.41, 5.74) is 8.20. The molecule has 0 aliphatic carbocycles. The van der Waals surface area contributed by atoms with Gasteiger partial charge in [0.15, 0.2) is 17.1 Å². The predicted octanol–water partition coefficient (Wildman–Crippen LogP) is 2.53. The molecule has 0 amide bonds. The fourth-order valence-corrected chi connectivity index (χ4v) is 3.04. The maximum atomic E-state index is 14.1. The van der Waals surface area contributed by atoms with Crippen molar-refractivity contribution in [2.75, 3.05) is 5.73 Å². The summed E-state index contributed by atoms with van der Waals surface area (Å²) in [7, 11) is 0. The lowest BCUT2D eigenvalue weighted by Crippen LogP contribution is -2.05. The summed E-state index contributed by atoms with van der Waals surface area (Å²) in [5, 5.41) is 12.7. The molecular weight excluding hydrogens is 347 g/mol. The van der Waals surface area contributed by atoms with E-state index in [4.69, 9.17) is 5.73 Å². The first-order valence-corrected chi connectivity index (χ1v) is 8.22. The second kappa shape index (κ2) is 5.84. The van der Waals surface area contributed by atoms with Gasteiger partial charge < -0.3 is 5.73 Å². The Kier molecular flexibility index (Phi) is 3.32. The van der Waals surface area contributed by atoms with Gasteiger partial charge in [0.25, 0.3) is 0 Å². The second-order valence-electron chi connectivity index (χ2n) is 6.04. The van der Waals surface area contributed by atoms with E-state index in [-0.39, 0.29) is 12.4 Å². The molecule has 9 heteroatoms. The molecule has 1 aromatic carbocycles. The average molecular weight is 360 g/mol. The number of nitrogen functional groups attached to an aromatic ring is 1. The number of nitrogens with one attached hydrogen (secondary N) is 1. The quantitative estimate of drug-likeness (QED) is 0.511. The van der Waals surface area contributed by atoms with Crippen LogP contribution in [0.3, 0.4) is 0 Å². The Balaban J connectivity index is 1.70. The molecule has 0 saturated heterocycles. The van der Waals surface area contributed by atoms with Crippen LogP contribution >= 0.6 is 0 Å². The predicted molar refractivity (Wildman–Crippen MR) is 98.1 cm³/mol. The van der Waals surface area contributed by atoms with Crippen LogP contribution in [-0.2, 0) is 6.54 Å². The van der Waals surface area contributed by atoms with Gasteiger partial charge in [-0.1, -0.05) is 18.2 Å². The largest absolute Gasteiger partial charge is 0.383 e. The van der Waals surface area contributed by atoms with Crippen LogP contribution in [0.1, 0.15) is 5.56 Å². The van der Waals surface area contributed by atoms with Gasteiger partial charge in [-0.3, -0.25) is 5.10 Å². The van der Waals surface area contributed by atoms with Gasteiger partial charge in [0, 0.05) is 11.8 Å². The first-order valence-electron chi connectivity index (χ1n) is 8.22. The Bertz CT molecular complexity index is 1290. The number of benzene rings is 1. The highest BCUT2D eigenvalue weighted by molar-refractivity contribution is 5.92. The SMILES string of the molecule is Nc1nc(-c2nn(Cc3ccccc3F)c3ncccc23)nc2[nH]ncc12. The molecule has 3 N–H and O–H groups in total. The molecule has 0 spiro atoms.